The predicted molar refractivity (Wildman–Crippen MR) is 60.5 cm³/mol. The molecule has 72 valence electrons. The second kappa shape index (κ2) is 3.06. The summed E-state index contributed by atoms with van der Waals surface area (Å²) in [6, 6.07) is 7.77. The lowest BCUT2D eigenvalue weighted by molar-refractivity contribution is 0.0960. The summed E-state index contributed by atoms with van der Waals surface area (Å²) in [7, 11) is 0. The molecule has 0 N–H and O–H groups in total. The van der Waals surface area contributed by atoms with Crippen molar-refractivity contribution >= 4 is 11.9 Å². The summed E-state index contributed by atoms with van der Waals surface area (Å²) in [5.41, 5.74) is 2.97. The van der Waals surface area contributed by atoms with Crippen molar-refractivity contribution in [1.29, 1.82) is 0 Å². The van der Waals surface area contributed by atoms with Crippen LogP contribution in [0.3, 0.4) is 0 Å². The first kappa shape index (κ1) is 8.42. The SMILES string of the molecule is O=C1c2ccccc2C=C2C=CC=CC12. The van der Waals surface area contributed by atoms with Crippen LogP contribution in [0.15, 0.2) is 54.1 Å². The number of hydrogen-bond acceptors (Lipinski definition) is 1. The predicted octanol–water partition coefficient (Wildman–Crippen LogP) is 3.01. The van der Waals surface area contributed by atoms with Crippen LogP contribution < -0.4 is 0 Å². The quantitative estimate of drug-likeness (QED) is 0.620. The molecule has 1 aromatic rings. The van der Waals surface area contributed by atoms with Gasteiger partial charge in [-0.05, 0) is 17.2 Å². The normalized spacial score (nSPS) is 22.0. The van der Waals surface area contributed by atoms with Crippen molar-refractivity contribution < 1.29 is 4.79 Å². The number of fused-ring (bicyclic) bond motifs is 2. The highest BCUT2D eigenvalue weighted by Crippen LogP contribution is 2.31. The Balaban J connectivity index is 2.23. The smallest absolute Gasteiger partial charge is 0.174 e. The molecule has 1 nitrogen and oxygen atoms in total. The minimum atomic E-state index is -0.0649. The number of benzene rings is 1. The minimum Gasteiger partial charge on any atom is -0.293 e. The van der Waals surface area contributed by atoms with E-state index in [1.165, 1.54) is 0 Å². The summed E-state index contributed by atoms with van der Waals surface area (Å²) in [5, 5.41) is 0. The second-order valence-corrected chi connectivity index (χ2v) is 3.82. The van der Waals surface area contributed by atoms with E-state index in [2.05, 4.69) is 6.08 Å². The molecule has 15 heavy (non-hydrogen) atoms. The first-order valence-electron chi connectivity index (χ1n) is 5.06. The molecule has 3 rings (SSSR count). The van der Waals surface area contributed by atoms with Crippen LogP contribution in [0.1, 0.15) is 15.9 Å². The Labute approximate surface area is 88.4 Å². The fourth-order valence-corrected chi connectivity index (χ4v) is 2.13. The molecule has 0 fully saturated rings. The number of carbonyl (C=O) groups excluding carboxylic acids is 1. The highest BCUT2D eigenvalue weighted by Gasteiger charge is 2.26. The minimum absolute atomic E-state index is 0.0649. The topological polar surface area (TPSA) is 17.1 Å². The fourth-order valence-electron chi connectivity index (χ4n) is 2.13. The van der Waals surface area contributed by atoms with Crippen LogP contribution in [0.4, 0.5) is 0 Å². The lowest BCUT2D eigenvalue weighted by atomic mass is 9.80. The van der Waals surface area contributed by atoms with Crippen LogP contribution in [0.5, 0.6) is 0 Å². The molecule has 0 bridgehead atoms. The Morgan fingerprint density at radius 1 is 1.07 bits per heavy atom. The average Bonchev–Trinajstić information content (AvgIpc) is 2.30. The van der Waals surface area contributed by atoms with Crippen LogP contribution in [0.2, 0.25) is 0 Å². The third-order valence-electron chi connectivity index (χ3n) is 2.89. The zero-order valence-electron chi connectivity index (χ0n) is 8.18. The molecule has 1 aromatic carbocycles. The number of allylic oxidation sites excluding steroid dienone is 5. The van der Waals surface area contributed by atoms with Crippen molar-refractivity contribution in [3.05, 3.63) is 65.3 Å². The summed E-state index contributed by atoms with van der Waals surface area (Å²) in [6.45, 7) is 0. The van der Waals surface area contributed by atoms with Crippen molar-refractivity contribution in [3.8, 4) is 0 Å². The van der Waals surface area contributed by atoms with Crippen molar-refractivity contribution in [2.45, 2.75) is 0 Å². The molecule has 0 amide bonds. The molecule has 0 aliphatic heterocycles. The van der Waals surface area contributed by atoms with E-state index in [4.69, 9.17) is 0 Å². The van der Waals surface area contributed by atoms with E-state index in [-0.39, 0.29) is 11.7 Å². The molecule has 1 heteroatoms. The van der Waals surface area contributed by atoms with Gasteiger partial charge in [0.1, 0.15) is 0 Å². The van der Waals surface area contributed by atoms with Crippen LogP contribution in [-0.2, 0) is 0 Å². The molecule has 1 atom stereocenters. The number of rotatable bonds is 0. The van der Waals surface area contributed by atoms with Gasteiger partial charge >= 0.3 is 0 Å². The highest BCUT2D eigenvalue weighted by atomic mass is 16.1. The molecule has 2 aliphatic rings. The Morgan fingerprint density at radius 3 is 2.87 bits per heavy atom. The summed E-state index contributed by atoms with van der Waals surface area (Å²) in [5.74, 6) is 0.147. The molecule has 0 radical (unpaired) electrons. The number of carbonyl (C=O) groups is 1. The molecular formula is C14H10O. The Hall–Kier alpha value is -1.89. The Morgan fingerprint density at radius 2 is 1.93 bits per heavy atom. The molecule has 0 saturated heterocycles. The van der Waals surface area contributed by atoms with Crippen molar-refractivity contribution in [1.82, 2.24) is 0 Å². The second-order valence-electron chi connectivity index (χ2n) is 3.82. The van der Waals surface area contributed by atoms with Gasteiger partial charge < -0.3 is 0 Å². The maximum Gasteiger partial charge on any atom is 0.174 e. The number of ketones is 1. The van der Waals surface area contributed by atoms with Gasteiger partial charge in [-0.25, -0.2) is 0 Å². The molecule has 2 aliphatic carbocycles. The highest BCUT2D eigenvalue weighted by molar-refractivity contribution is 6.07. The molecule has 1 unspecified atom stereocenters. The Kier molecular flexibility index (Phi) is 1.72. The molecule has 0 heterocycles. The zero-order chi connectivity index (χ0) is 10.3. The first-order chi connectivity index (χ1) is 7.36. The summed E-state index contributed by atoms with van der Waals surface area (Å²) in [6.07, 6.45) is 9.99. The fraction of sp³-hybridized carbons (Fsp3) is 0.0714. The molecule has 0 spiro atoms. The Bertz CT molecular complexity index is 518. The van der Waals surface area contributed by atoms with Gasteiger partial charge in [-0.15, -0.1) is 0 Å². The van der Waals surface area contributed by atoms with Crippen LogP contribution >= 0.6 is 0 Å². The molecule has 0 aromatic heterocycles. The summed E-state index contributed by atoms with van der Waals surface area (Å²) >= 11 is 0. The zero-order valence-corrected chi connectivity index (χ0v) is 8.18. The third kappa shape index (κ3) is 1.20. The maximum atomic E-state index is 12.1. The molecule has 0 saturated carbocycles. The number of Topliss-reactive ketones (excluding diaryl/α,β-unsaturated/α-hetero) is 1. The van der Waals surface area contributed by atoms with E-state index in [0.29, 0.717) is 0 Å². The van der Waals surface area contributed by atoms with Gasteiger partial charge in [-0.2, -0.15) is 0 Å². The number of hydrogen-bond donors (Lipinski definition) is 0. The van der Waals surface area contributed by atoms with Gasteiger partial charge in [-0.3, -0.25) is 4.79 Å². The lowest BCUT2D eigenvalue weighted by Gasteiger charge is -2.22. The maximum absolute atomic E-state index is 12.1. The van der Waals surface area contributed by atoms with Crippen molar-refractivity contribution in [3.63, 3.8) is 0 Å². The van der Waals surface area contributed by atoms with Crippen molar-refractivity contribution in [2.75, 3.05) is 0 Å². The monoisotopic (exact) mass is 194 g/mol. The summed E-state index contributed by atoms with van der Waals surface area (Å²) < 4.78 is 0. The van der Waals surface area contributed by atoms with E-state index < -0.39 is 0 Å². The largest absolute Gasteiger partial charge is 0.293 e. The van der Waals surface area contributed by atoms with Crippen LogP contribution in [0, 0.1) is 5.92 Å². The van der Waals surface area contributed by atoms with Crippen LogP contribution in [-0.4, -0.2) is 5.78 Å². The standard InChI is InChI=1S/C14H10O/c15-14-12-7-3-1-5-10(12)9-11-6-2-4-8-13(11)14/h1-9,12H. The van der Waals surface area contributed by atoms with Gasteiger partial charge in [0.15, 0.2) is 5.78 Å². The molecular weight excluding hydrogens is 184 g/mol. The average molecular weight is 194 g/mol. The van der Waals surface area contributed by atoms with Crippen LogP contribution in [0.25, 0.3) is 6.08 Å². The van der Waals surface area contributed by atoms with E-state index in [1.54, 1.807) is 0 Å². The van der Waals surface area contributed by atoms with E-state index >= 15 is 0 Å². The summed E-state index contributed by atoms with van der Waals surface area (Å²) in [4.78, 5) is 12.1. The van der Waals surface area contributed by atoms with Crippen molar-refractivity contribution in [2.24, 2.45) is 5.92 Å². The first-order valence-corrected chi connectivity index (χ1v) is 5.06. The van der Waals surface area contributed by atoms with E-state index in [0.717, 1.165) is 16.7 Å². The lowest BCUT2D eigenvalue weighted by Crippen LogP contribution is -2.20. The van der Waals surface area contributed by atoms with Gasteiger partial charge in [0.25, 0.3) is 0 Å². The van der Waals surface area contributed by atoms with Gasteiger partial charge in [0.2, 0.25) is 0 Å². The van der Waals surface area contributed by atoms with E-state index in [9.17, 15) is 4.79 Å². The third-order valence-corrected chi connectivity index (χ3v) is 2.89. The van der Waals surface area contributed by atoms with Gasteiger partial charge in [0.05, 0.1) is 5.92 Å². The van der Waals surface area contributed by atoms with Gasteiger partial charge in [0, 0.05) is 5.56 Å². The van der Waals surface area contributed by atoms with Gasteiger partial charge in [-0.1, -0.05) is 48.6 Å². The van der Waals surface area contributed by atoms with E-state index in [1.807, 2.05) is 48.6 Å².